The van der Waals surface area contributed by atoms with E-state index in [1.807, 2.05) is 0 Å². The quantitative estimate of drug-likeness (QED) is 0.518. The lowest BCUT2D eigenvalue weighted by molar-refractivity contribution is 0.183. The maximum absolute atomic E-state index is 8.86. The summed E-state index contributed by atoms with van der Waals surface area (Å²) in [5, 5.41) is 12.3. The van der Waals surface area contributed by atoms with Crippen molar-refractivity contribution in [3.63, 3.8) is 0 Å². The molecule has 1 aliphatic carbocycles. The van der Waals surface area contributed by atoms with Crippen molar-refractivity contribution in [1.82, 2.24) is 5.32 Å². The minimum Gasteiger partial charge on any atom is -0.396 e. The van der Waals surface area contributed by atoms with Crippen molar-refractivity contribution < 1.29 is 5.11 Å². The van der Waals surface area contributed by atoms with Crippen LogP contribution in [0.25, 0.3) is 0 Å². The summed E-state index contributed by atoms with van der Waals surface area (Å²) in [5.74, 6) is 1.41. The molecule has 0 aromatic carbocycles. The maximum Gasteiger partial charge on any atom is 0.0462 e. The van der Waals surface area contributed by atoms with Crippen LogP contribution >= 0.6 is 0 Å². The molecular weight excluding hydrogens is 114 g/mol. The van der Waals surface area contributed by atoms with E-state index in [9.17, 15) is 0 Å². The molecule has 2 unspecified atom stereocenters. The van der Waals surface area contributed by atoms with Gasteiger partial charge in [0.15, 0.2) is 0 Å². The van der Waals surface area contributed by atoms with Gasteiger partial charge in [-0.3, -0.25) is 0 Å². The van der Waals surface area contributed by atoms with Gasteiger partial charge in [0.25, 0.3) is 0 Å². The van der Waals surface area contributed by atoms with Crippen LogP contribution in [0.3, 0.4) is 0 Å². The van der Waals surface area contributed by atoms with E-state index >= 15 is 0 Å². The molecule has 2 heteroatoms. The molecule has 1 saturated carbocycles. The average molecular weight is 127 g/mol. The lowest BCUT2D eigenvalue weighted by atomic mass is 9.97. The molecule has 1 saturated heterocycles. The van der Waals surface area contributed by atoms with Crippen molar-refractivity contribution in [3.8, 4) is 0 Å². The Hall–Kier alpha value is -0.0800. The van der Waals surface area contributed by atoms with E-state index in [0.717, 1.165) is 18.5 Å². The fourth-order valence-corrected chi connectivity index (χ4v) is 2.17. The van der Waals surface area contributed by atoms with Gasteiger partial charge in [-0.2, -0.15) is 0 Å². The Labute approximate surface area is 55.3 Å². The molecule has 0 spiro atoms. The van der Waals surface area contributed by atoms with E-state index in [1.165, 1.54) is 12.8 Å². The van der Waals surface area contributed by atoms with E-state index in [0.29, 0.717) is 12.5 Å². The minimum absolute atomic E-state index is 0.406. The topological polar surface area (TPSA) is 32.3 Å². The first-order valence-corrected chi connectivity index (χ1v) is 3.74. The van der Waals surface area contributed by atoms with Crippen molar-refractivity contribution in [2.45, 2.75) is 18.9 Å². The molecule has 2 bridgehead atoms. The van der Waals surface area contributed by atoms with Gasteiger partial charge in [-0.05, 0) is 31.2 Å². The predicted molar refractivity (Wildman–Crippen MR) is 35.1 cm³/mol. The number of rotatable bonds is 1. The maximum atomic E-state index is 8.86. The van der Waals surface area contributed by atoms with Gasteiger partial charge < -0.3 is 10.4 Å². The third-order valence-electron chi connectivity index (χ3n) is 2.74. The highest BCUT2D eigenvalue weighted by Crippen LogP contribution is 2.35. The summed E-state index contributed by atoms with van der Waals surface area (Å²) < 4.78 is 0. The summed E-state index contributed by atoms with van der Waals surface area (Å²) in [6, 6.07) is 0.743. The van der Waals surface area contributed by atoms with Crippen molar-refractivity contribution >= 4 is 0 Å². The second-order valence-corrected chi connectivity index (χ2v) is 3.28. The van der Waals surface area contributed by atoms with Gasteiger partial charge in [-0.1, -0.05) is 0 Å². The number of aliphatic hydroxyl groups excluding tert-OH is 1. The van der Waals surface area contributed by atoms with Crippen LogP contribution in [0.1, 0.15) is 12.8 Å². The molecule has 2 fully saturated rings. The molecule has 3 atom stereocenters. The Morgan fingerprint density at radius 1 is 1.44 bits per heavy atom. The van der Waals surface area contributed by atoms with Crippen molar-refractivity contribution in [1.29, 1.82) is 0 Å². The van der Waals surface area contributed by atoms with Crippen LogP contribution in [-0.2, 0) is 0 Å². The van der Waals surface area contributed by atoms with E-state index in [-0.39, 0.29) is 0 Å². The second-order valence-electron chi connectivity index (χ2n) is 3.28. The summed E-state index contributed by atoms with van der Waals surface area (Å²) in [6.45, 7) is 1.55. The number of aliphatic hydroxyl groups is 1. The molecule has 1 heterocycles. The fraction of sp³-hybridized carbons (Fsp3) is 1.00. The number of fused-ring (bicyclic) bond motifs is 2. The monoisotopic (exact) mass is 127 g/mol. The zero-order valence-corrected chi connectivity index (χ0v) is 5.51. The van der Waals surface area contributed by atoms with E-state index < -0.39 is 0 Å². The minimum atomic E-state index is 0.406. The Morgan fingerprint density at radius 2 is 2.33 bits per heavy atom. The van der Waals surface area contributed by atoms with Crippen molar-refractivity contribution in [2.75, 3.05) is 13.2 Å². The largest absolute Gasteiger partial charge is 0.396 e. The van der Waals surface area contributed by atoms with E-state index in [4.69, 9.17) is 5.11 Å². The SMILES string of the molecule is OCC1C[C@H]2CC1CN2. The number of hydrogen-bond acceptors (Lipinski definition) is 2. The van der Waals surface area contributed by atoms with Crippen LogP contribution in [0, 0.1) is 11.8 Å². The third kappa shape index (κ3) is 0.775. The van der Waals surface area contributed by atoms with Gasteiger partial charge in [0.1, 0.15) is 0 Å². The zero-order valence-electron chi connectivity index (χ0n) is 5.51. The number of piperidine rings is 1. The Morgan fingerprint density at radius 3 is 2.67 bits per heavy atom. The highest BCUT2D eigenvalue weighted by Gasteiger charge is 2.38. The summed E-state index contributed by atoms with van der Waals surface area (Å²) >= 11 is 0. The van der Waals surface area contributed by atoms with Gasteiger partial charge in [0.05, 0.1) is 0 Å². The molecule has 1 aliphatic heterocycles. The Balaban J connectivity index is 2.01. The summed E-state index contributed by atoms with van der Waals surface area (Å²) in [6.07, 6.45) is 2.52. The summed E-state index contributed by atoms with van der Waals surface area (Å²) in [7, 11) is 0. The zero-order chi connectivity index (χ0) is 6.27. The van der Waals surface area contributed by atoms with Crippen LogP contribution in [0.5, 0.6) is 0 Å². The third-order valence-corrected chi connectivity index (χ3v) is 2.74. The van der Waals surface area contributed by atoms with Gasteiger partial charge >= 0.3 is 0 Å². The highest BCUT2D eigenvalue weighted by atomic mass is 16.3. The summed E-state index contributed by atoms with van der Waals surface area (Å²) in [4.78, 5) is 0. The number of hydrogen-bond donors (Lipinski definition) is 2. The Kier molecular flexibility index (Phi) is 1.24. The predicted octanol–water partition coefficient (Wildman–Crippen LogP) is -0.0233. The van der Waals surface area contributed by atoms with E-state index in [2.05, 4.69) is 5.32 Å². The molecule has 0 aromatic heterocycles. The van der Waals surface area contributed by atoms with Crippen molar-refractivity contribution in [2.24, 2.45) is 11.8 Å². The average Bonchev–Trinajstić information content (AvgIpc) is 2.45. The normalized spacial score (nSPS) is 48.3. The van der Waals surface area contributed by atoms with Crippen LogP contribution in [-0.4, -0.2) is 24.3 Å². The molecule has 0 amide bonds. The summed E-state index contributed by atoms with van der Waals surface area (Å²) in [5.41, 5.74) is 0. The molecule has 2 aliphatic rings. The molecule has 52 valence electrons. The van der Waals surface area contributed by atoms with E-state index in [1.54, 1.807) is 0 Å². The molecule has 2 nitrogen and oxygen atoms in total. The molecule has 2 rings (SSSR count). The first kappa shape index (κ1) is 5.69. The van der Waals surface area contributed by atoms with Gasteiger partial charge in [-0.15, -0.1) is 0 Å². The van der Waals surface area contributed by atoms with Crippen LogP contribution < -0.4 is 5.32 Å². The van der Waals surface area contributed by atoms with Crippen LogP contribution in [0.4, 0.5) is 0 Å². The lowest BCUT2D eigenvalue weighted by Gasteiger charge is -2.19. The molecular formula is C7H13NO. The first-order valence-electron chi connectivity index (χ1n) is 3.74. The lowest BCUT2D eigenvalue weighted by Crippen LogP contribution is -2.30. The smallest absolute Gasteiger partial charge is 0.0462 e. The Bertz CT molecular complexity index is 115. The first-order chi connectivity index (χ1) is 4.40. The number of nitrogens with one attached hydrogen (secondary N) is 1. The molecule has 0 radical (unpaired) electrons. The van der Waals surface area contributed by atoms with Crippen LogP contribution in [0.2, 0.25) is 0 Å². The molecule has 0 aromatic rings. The van der Waals surface area contributed by atoms with Crippen molar-refractivity contribution in [3.05, 3.63) is 0 Å². The second kappa shape index (κ2) is 1.96. The van der Waals surface area contributed by atoms with Crippen LogP contribution in [0.15, 0.2) is 0 Å². The highest BCUT2D eigenvalue weighted by molar-refractivity contribution is 4.94. The molecule has 9 heavy (non-hydrogen) atoms. The van der Waals surface area contributed by atoms with Gasteiger partial charge in [0, 0.05) is 12.6 Å². The van der Waals surface area contributed by atoms with Gasteiger partial charge in [0.2, 0.25) is 0 Å². The fourth-order valence-electron chi connectivity index (χ4n) is 2.17. The molecule has 2 N–H and O–H groups in total. The standard InChI is InChI=1S/C7H13NO/c9-4-6-2-7-1-5(6)3-8-7/h5-9H,1-4H2/t5?,6?,7-/m1/s1. The van der Waals surface area contributed by atoms with Gasteiger partial charge in [-0.25, -0.2) is 0 Å².